The quantitative estimate of drug-likeness (QED) is 0.601. The second-order valence-corrected chi connectivity index (χ2v) is 7.15. The average molecular weight is 478 g/mol. The number of ether oxygens (including phenoxy) is 2. The van der Waals surface area contributed by atoms with Gasteiger partial charge in [0.1, 0.15) is 18.2 Å². The summed E-state index contributed by atoms with van der Waals surface area (Å²) < 4.78 is 46.0. The first-order valence-corrected chi connectivity index (χ1v) is 9.13. The molecule has 2 aliphatic rings. The number of aliphatic carboxylic acids is 1. The fourth-order valence-corrected chi connectivity index (χ4v) is 3.54. The van der Waals surface area contributed by atoms with Crippen LogP contribution in [-0.4, -0.2) is 41.4 Å². The van der Waals surface area contributed by atoms with Gasteiger partial charge in [-0.1, -0.05) is 17.7 Å². The van der Waals surface area contributed by atoms with E-state index in [2.05, 4.69) is 15.2 Å². The molecule has 0 bridgehead atoms. The zero-order valence-electron chi connectivity index (χ0n) is 16.4. The Morgan fingerprint density at radius 2 is 1.91 bits per heavy atom. The number of nitrogens with zero attached hydrogens (tertiary/aromatic N) is 2. The number of hydrazone groups is 1. The van der Waals surface area contributed by atoms with Crippen LogP contribution in [0.15, 0.2) is 47.6 Å². The van der Waals surface area contributed by atoms with Crippen LogP contribution in [0.3, 0.4) is 0 Å². The van der Waals surface area contributed by atoms with Gasteiger partial charge >= 0.3 is 42.0 Å². The first-order valence-electron chi connectivity index (χ1n) is 8.75. The van der Waals surface area contributed by atoms with E-state index in [0.717, 1.165) is 17.1 Å². The number of halogens is 4. The number of nitrogens with one attached hydrogen (secondary N) is 1. The van der Waals surface area contributed by atoms with Crippen LogP contribution in [0.4, 0.5) is 23.7 Å². The van der Waals surface area contributed by atoms with E-state index in [-0.39, 0.29) is 47.4 Å². The standard InChI is InChI=1S/C19H13ClF3N3O5.Na/c20-11-1-6-14-10(7-11)8-18(16(27)28)15(14)25-26(9-30-18)17(29)24-12-2-4-13(5-3-12)31-19(21,22)23;/h1-7H,8-9H2,(H,24,29)(H,27,28);/q;+1/p-1/t18-;/m0./s1. The molecule has 2 aromatic carbocycles. The number of carboxylic acid groups (broad SMARTS) is 1. The van der Waals surface area contributed by atoms with Gasteiger partial charge in [-0.25, -0.2) is 4.79 Å². The Labute approximate surface area is 206 Å². The maximum absolute atomic E-state index is 12.5. The molecule has 2 amide bonds. The Balaban J connectivity index is 0.00000289. The van der Waals surface area contributed by atoms with Crippen LogP contribution in [0.25, 0.3) is 0 Å². The molecule has 0 saturated carbocycles. The average Bonchev–Trinajstić information content (AvgIpc) is 3.02. The van der Waals surface area contributed by atoms with Crippen LogP contribution in [0.5, 0.6) is 5.75 Å². The van der Waals surface area contributed by atoms with Crippen molar-refractivity contribution in [1.29, 1.82) is 0 Å². The van der Waals surface area contributed by atoms with Crippen LogP contribution in [0, 0.1) is 0 Å². The van der Waals surface area contributed by atoms with Gasteiger partial charge in [0.05, 0.1) is 5.97 Å². The van der Waals surface area contributed by atoms with Gasteiger partial charge in [-0.2, -0.15) is 10.1 Å². The van der Waals surface area contributed by atoms with Crippen molar-refractivity contribution < 1.29 is 66.9 Å². The molecule has 32 heavy (non-hydrogen) atoms. The topological polar surface area (TPSA) is 103 Å². The zero-order chi connectivity index (χ0) is 22.4. The van der Waals surface area contributed by atoms with E-state index in [4.69, 9.17) is 16.3 Å². The number of anilines is 1. The Kier molecular flexibility index (Phi) is 6.78. The predicted octanol–water partition coefficient (Wildman–Crippen LogP) is -0.487. The van der Waals surface area contributed by atoms with Gasteiger partial charge in [0.2, 0.25) is 0 Å². The molecule has 1 aliphatic heterocycles. The summed E-state index contributed by atoms with van der Waals surface area (Å²) in [4.78, 5) is 24.4. The number of carbonyl (C=O) groups excluding carboxylic acids is 2. The number of fused-ring (bicyclic) bond motifs is 3. The third kappa shape index (κ3) is 4.71. The van der Waals surface area contributed by atoms with Gasteiger partial charge in [0, 0.05) is 22.7 Å². The molecule has 1 atom stereocenters. The number of benzene rings is 2. The normalized spacial score (nSPS) is 19.2. The molecule has 162 valence electrons. The SMILES string of the molecule is O=C(Nc1ccc(OC(F)(F)F)cc1)N1CO[C@@]2(C(=O)[O-])Cc3cc(Cl)ccc3C2=N1.[Na+]. The number of hydrogen-bond donors (Lipinski definition) is 1. The summed E-state index contributed by atoms with van der Waals surface area (Å²) in [5.74, 6) is -1.95. The molecule has 1 N–H and O–H groups in total. The van der Waals surface area contributed by atoms with Crippen molar-refractivity contribution in [3.8, 4) is 5.75 Å². The van der Waals surface area contributed by atoms with E-state index in [1.54, 1.807) is 18.2 Å². The van der Waals surface area contributed by atoms with Gasteiger partial charge < -0.3 is 24.7 Å². The van der Waals surface area contributed by atoms with Gasteiger partial charge in [-0.3, -0.25) is 0 Å². The Bertz CT molecular complexity index is 1100. The van der Waals surface area contributed by atoms with Gasteiger partial charge in [-0.15, -0.1) is 13.2 Å². The monoisotopic (exact) mass is 477 g/mol. The van der Waals surface area contributed by atoms with Crippen LogP contribution in [-0.2, 0) is 16.0 Å². The number of alkyl halides is 3. The maximum Gasteiger partial charge on any atom is 1.00 e. The van der Waals surface area contributed by atoms with E-state index in [1.165, 1.54) is 12.1 Å². The molecule has 2 aromatic rings. The van der Waals surface area contributed by atoms with E-state index >= 15 is 0 Å². The summed E-state index contributed by atoms with van der Waals surface area (Å²) >= 11 is 5.97. The third-order valence-corrected chi connectivity index (χ3v) is 4.94. The molecular formula is C19H12ClF3N3NaO5. The maximum atomic E-state index is 12.5. The summed E-state index contributed by atoms with van der Waals surface area (Å²) in [6.45, 7) is -0.486. The van der Waals surface area contributed by atoms with E-state index in [0.29, 0.717) is 16.1 Å². The smallest absolute Gasteiger partial charge is 0.547 e. The molecule has 0 radical (unpaired) electrons. The molecule has 1 aliphatic carbocycles. The molecule has 0 aromatic heterocycles. The Hall–Kier alpha value is -2.31. The second kappa shape index (κ2) is 8.91. The number of rotatable bonds is 3. The molecule has 0 fully saturated rings. The largest absolute Gasteiger partial charge is 1.00 e. The van der Waals surface area contributed by atoms with E-state index < -0.39 is 36.4 Å². The first kappa shape index (κ1) is 24.3. The van der Waals surface area contributed by atoms with Crippen molar-refractivity contribution in [2.45, 2.75) is 18.4 Å². The molecule has 0 spiro atoms. The minimum Gasteiger partial charge on any atom is -0.547 e. The van der Waals surface area contributed by atoms with Crippen molar-refractivity contribution in [1.82, 2.24) is 5.01 Å². The number of carbonyl (C=O) groups is 2. The molecule has 4 rings (SSSR count). The molecule has 0 unspecified atom stereocenters. The van der Waals surface area contributed by atoms with Crippen molar-refractivity contribution in [3.05, 3.63) is 58.6 Å². The molecule has 1 heterocycles. The zero-order valence-corrected chi connectivity index (χ0v) is 19.2. The molecule has 0 saturated heterocycles. The fraction of sp³-hybridized carbons (Fsp3) is 0.211. The fourth-order valence-electron chi connectivity index (χ4n) is 3.34. The van der Waals surface area contributed by atoms with Crippen LogP contribution in [0.1, 0.15) is 11.1 Å². The van der Waals surface area contributed by atoms with Crippen LogP contribution >= 0.6 is 11.6 Å². The van der Waals surface area contributed by atoms with E-state index in [9.17, 15) is 27.9 Å². The summed E-state index contributed by atoms with van der Waals surface area (Å²) in [7, 11) is 0. The molecule has 13 heteroatoms. The first-order chi connectivity index (χ1) is 14.6. The predicted molar refractivity (Wildman–Crippen MR) is 99.4 cm³/mol. The van der Waals surface area contributed by atoms with Crippen molar-refractivity contribution in [3.63, 3.8) is 0 Å². The van der Waals surface area contributed by atoms with Gasteiger partial charge in [0.15, 0.2) is 5.60 Å². The molecular weight excluding hydrogens is 466 g/mol. The Morgan fingerprint density at radius 3 is 2.53 bits per heavy atom. The van der Waals surface area contributed by atoms with Gasteiger partial charge in [-0.05, 0) is 42.0 Å². The van der Waals surface area contributed by atoms with Crippen molar-refractivity contribution in [2.24, 2.45) is 5.10 Å². The number of amides is 2. The minimum atomic E-state index is -4.83. The summed E-state index contributed by atoms with van der Waals surface area (Å²) in [6, 6.07) is 8.39. The molecule has 8 nitrogen and oxygen atoms in total. The number of carboxylic acids is 1. The third-order valence-electron chi connectivity index (χ3n) is 4.70. The van der Waals surface area contributed by atoms with Crippen molar-refractivity contribution in [2.75, 3.05) is 12.0 Å². The van der Waals surface area contributed by atoms with Crippen LogP contribution in [0.2, 0.25) is 5.02 Å². The number of hydrogen-bond acceptors (Lipinski definition) is 6. The van der Waals surface area contributed by atoms with Crippen molar-refractivity contribution >= 4 is 35.0 Å². The minimum absolute atomic E-state index is 0. The Morgan fingerprint density at radius 1 is 1.22 bits per heavy atom. The van der Waals surface area contributed by atoms with Crippen LogP contribution < -0.4 is 44.7 Å². The van der Waals surface area contributed by atoms with Gasteiger partial charge in [0.25, 0.3) is 0 Å². The number of urea groups is 1. The summed E-state index contributed by atoms with van der Waals surface area (Å²) in [5.41, 5.74) is -0.650. The van der Waals surface area contributed by atoms with E-state index in [1.807, 2.05) is 0 Å². The second-order valence-electron chi connectivity index (χ2n) is 6.72. The summed E-state index contributed by atoms with van der Waals surface area (Å²) in [6.07, 6.45) is -4.89. The summed E-state index contributed by atoms with van der Waals surface area (Å²) in [5, 5.41) is 19.7.